The molecule has 0 amide bonds. The number of rotatable bonds is 4. The quantitative estimate of drug-likeness (QED) is 0.214. The predicted octanol–water partition coefficient (Wildman–Crippen LogP) is 10.3. The van der Waals surface area contributed by atoms with Crippen LogP contribution in [0.2, 0.25) is 0 Å². The Morgan fingerprint density at radius 2 is 1.29 bits per heavy atom. The van der Waals surface area contributed by atoms with Crippen LogP contribution in [0.25, 0.3) is 66.3 Å². The monoisotopic (exact) mass is 616 g/mol. The Labute approximate surface area is 276 Å². The highest BCUT2D eigenvalue weighted by Gasteiger charge is 2.22. The number of nitrogens with one attached hydrogen (secondary N) is 1. The number of para-hydroxylation sites is 2. The summed E-state index contributed by atoms with van der Waals surface area (Å²) in [7, 11) is 0. The van der Waals surface area contributed by atoms with E-state index < -0.39 is 0 Å². The third-order valence-corrected chi connectivity index (χ3v) is 9.41. The number of hydrogen-bond acceptors (Lipinski definition) is 4. The summed E-state index contributed by atoms with van der Waals surface area (Å²) in [4.78, 5) is 10.2. The van der Waals surface area contributed by atoms with E-state index in [0.29, 0.717) is 0 Å². The molecule has 4 heterocycles. The highest BCUT2D eigenvalue weighted by Crippen LogP contribution is 2.39. The molecule has 1 atom stereocenters. The second kappa shape index (κ2) is 10.5. The minimum absolute atomic E-state index is 0.00607. The molecule has 5 nitrogen and oxygen atoms in total. The molecule has 1 unspecified atom stereocenters. The molecule has 6 aromatic carbocycles. The molecular formula is C43H28N4O. The van der Waals surface area contributed by atoms with Crippen LogP contribution in [0.5, 0.6) is 0 Å². The van der Waals surface area contributed by atoms with Crippen LogP contribution in [-0.4, -0.2) is 15.2 Å². The molecule has 0 spiro atoms. The Bertz CT molecular complexity index is 2750. The molecule has 0 radical (unpaired) electrons. The van der Waals surface area contributed by atoms with Crippen molar-refractivity contribution in [2.24, 2.45) is 4.99 Å². The smallest absolute Gasteiger partial charge is 0.160 e. The van der Waals surface area contributed by atoms with Gasteiger partial charge in [0.25, 0.3) is 0 Å². The van der Waals surface area contributed by atoms with Gasteiger partial charge in [-0.1, -0.05) is 121 Å². The van der Waals surface area contributed by atoms with Crippen molar-refractivity contribution < 1.29 is 4.42 Å². The van der Waals surface area contributed by atoms with Crippen LogP contribution in [0.1, 0.15) is 22.7 Å². The molecule has 1 N–H and O–H groups in total. The number of fused-ring (bicyclic) bond motifs is 10. The highest BCUT2D eigenvalue weighted by atomic mass is 16.3. The van der Waals surface area contributed by atoms with E-state index in [1.165, 1.54) is 5.56 Å². The molecule has 0 fully saturated rings. The van der Waals surface area contributed by atoms with E-state index in [1.807, 2.05) is 12.1 Å². The van der Waals surface area contributed by atoms with E-state index in [1.54, 1.807) is 0 Å². The summed E-state index contributed by atoms with van der Waals surface area (Å²) in [5, 5.41) is 6.91. The highest BCUT2D eigenvalue weighted by molar-refractivity contribution is 6.19. The van der Waals surface area contributed by atoms with Gasteiger partial charge in [-0.3, -0.25) is 4.40 Å². The normalized spacial score (nSPS) is 14.9. The molecule has 0 saturated heterocycles. The second-order valence-electron chi connectivity index (χ2n) is 12.3. The van der Waals surface area contributed by atoms with Crippen LogP contribution in [0, 0.1) is 0 Å². The molecule has 48 heavy (non-hydrogen) atoms. The van der Waals surface area contributed by atoms with Crippen molar-refractivity contribution in [3.8, 4) is 11.1 Å². The molecule has 1 aliphatic rings. The van der Waals surface area contributed by atoms with Crippen LogP contribution < -0.4 is 5.32 Å². The average molecular weight is 617 g/mol. The lowest BCUT2D eigenvalue weighted by molar-refractivity contribution is 0.672. The molecule has 9 aromatic rings. The van der Waals surface area contributed by atoms with Crippen molar-refractivity contribution in [1.82, 2.24) is 14.7 Å². The topological polar surface area (TPSA) is 54.8 Å². The zero-order chi connectivity index (χ0) is 31.6. The summed E-state index contributed by atoms with van der Waals surface area (Å²) in [6.07, 6.45) is 2.21. The van der Waals surface area contributed by atoms with Crippen LogP contribution in [0.3, 0.4) is 0 Å². The van der Waals surface area contributed by atoms with Crippen molar-refractivity contribution in [1.29, 1.82) is 0 Å². The van der Waals surface area contributed by atoms with Gasteiger partial charge in [0.2, 0.25) is 0 Å². The van der Waals surface area contributed by atoms with E-state index in [0.717, 1.165) is 83.3 Å². The van der Waals surface area contributed by atoms with E-state index in [2.05, 4.69) is 155 Å². The van der Waals surface area contributed by atoms with E-state index in [4.69, 9.17) is 14.4 Å². The number of nitrogens with zero attached hydrogens (tertiary/aromatic N) is 3. The predicted molar refractivity (Wildman–Crippen MR) is 196 cm³/mol. The lowest BCUT2D eigenvalue weighted by Gasteiger charge is -2.24. The van der Waals surface area contributed by atoms with Gasteiger partial charge in [-0.05, 0) is 58.7 Å². The first kappa shape index (κ1) is 26.7. The summed E-state index contributed by atoms with van der Waals surface area (Å²) >= 11 is 0. The van der Waals surface area contributed by atoms with E-state index in [9.17, 15) is 0 Å². The number of furan rings is 1. The zero-order valence-corrected chi connectivity index (χ0v) is 25.8. The maximum atomic E-state index is 6.63. The third-order valence-electron chi connectivity index (χ3n) is 9.41. The number of imidazole rings is 1. The Hall–Kier alpha value is -6.46. The molecule has 0 bridgehead atoms. The fourth-order valence-corrected chi connectivity index (χ4v) is 7.12. The molecule has 3 aromatic heterocycles. The first-order chi connectivity index (χ1) is 23.8. The van der Waals surface area contributed by atoms with Gasteiger partial charge < -0.3 is 9.73 Å². The first-order valence-electron chi connectivity index (χ1n) is 16.2. The largest absolute Gasteiger partial charge is 0.454 e. The maximum absolute atomic E-state index is 6.63. The summed E-state index contributed by atoms with van der Waals surface area (Å²) in [6, 6.07) is 52.7. The Kier molecular flexibility index (Phi) is 5.87. The molecule has 1 aliphatic heterocycles. The van der Waals surface area contributed by atoms with E-state index in [-0.39, 0.29) is 6.04 Å². The number of aromatic nitrogens is 2. The van der Waals surface area contributed by atoms with Crippen molar-refractivity contribution >= 4 is 61.1 Å². The van der Waals surface area contributed by atoms with Gasteiger partial charge in [0.1, 0.15) is 22.6 Å². The van der Waals surface area contributed by atoms with Crippen LogP contribution in [-0.2, 0) is 0 Å². The molecule has 226 valence electrons. The molecule has 0 saturated carbocycles. The van der Waals surface area contributed by atoms with E-state index >= 15 is 0 Å². The average Bonchev–Trinajstić information content (AvgIpc) is 3.74. The number of benzene rings is 6. The fourth-order valence-electron chi connectivity index (χ4n) is 7.12. The Morgan fingerprint density at radius 3 is 2.17 bits per heavy atom. The maximum Gasteiger partial charge on any atom is 0.160 e. The van der Waals surface area contributed by atoms with Crippen molar-refractivity contribution in [2.45, 2.75) is 6.04 Å². The Morgan fingerprint density at radius 1 is 0.583 bits per heavy atom. The van der Waals surface area contributed by atoms with Gasteiger partial charge >= 0.3 is 0 Å². The minimum atomic E-state index is -0.00607. The summed E-state index contributed by atoms with van der Waals surface area (Å²) in [6.45, 7) is 0. The van der Waals surface area contributed by atoms with Gasteiger partial charge in [0.05, 0.1) is 22.8 Å². The molecule has 5 heteroatoms. The summed E-state index contributed by atoms with van der Waals surface area (Å²) < 4.78 is 8.89. The minimum Gasteiger partial charge on any atom is -0.454 e. The summed E-state index contributed by atoms with van der Waals surface area (Å²) in [5.41, 5.74) is 12.2. The lowest BCUT2D eigenvalue weighted by atomic mass is 9.98. The molecule has 0 aliphatic carbocycles. The number of amidine groups is 1. The summed E-state index contributed by atoms with van der Waals surface area (Å²) in [5.74, 6) is 0.847. The van der Waals surface area contributed by atoms with Gasteiger partial charge in [0.15, 0.2) is 5.58 Å². The fraction of sp³-hybridized carbons (Fsp3) is 0.0233. The van der Waals surface area contributed by atoms with Crippen LogP contribution in [0.15, 0.2) is 167 Å². The van der Waals surface area contributed by atoms with Crippen molar-refractivity contribution in [3.63, 3.8) is 0 Å². The number of pyridine rings is 1. The molecule has 10 rings (SSSR count). The number of hydrogen-bond donors (Lipinski definition) is 1. The van der Waals surface area contributed by atoms with Gasteiger partial charge in [0, 0.05) is 21.7 Å². The van der Waals surface area contributed by atoms with Crippen LogP contribution in [0.4, 0.5) is 0 Å². The zero-order valence-electron chi connectivity index (χ0n) is 25.8. The molecular weight excluding hydrogens is 589 g/mol. The Balaban J connectivity index is 1.14. The van der Waals surface area contributed by atoms with Gasteiger partial charge in [-0.2, -0.15) is 0 Å². The third kappa shape index (κ3) is 4.18. The lowest BCUT2D eigenvalue weighted by Crippen LogP contribution is -2.31. The number of aliphatic imine (C=N–C) groups is 1. The van der Waals surface area contributed by atoms with Gasteiger partial charge in [-0.25, -0.2) is 9.98 Å². The van der Waals surface area contributed by atoms with Crippen molar-refractivity contribution in [3.05, 3.63) is 174 Å². The standard InChI is InChI=1S/C43H28N4O/c1-3-12-27(13-4-1)36-26-37(28-14-5-2-6-15-28)45-42(44-36)31-17-11-16-29(24-31)30-22-23-39-34(25-30)40-41(48-39)32-18-7-8-19-33(32)43-46-35-20-9-10-21-38(35)47(40)43/h1-26,36H,(H,44,45). The van der Waals surface area contributed by atoms with Gasteiger partial charge in [-0.15, -0.1) is 0 Å². The van der Waals surface area contributed by atoms with Crippen LogP contribution >= 0.6 is 0 Å². The SMILES string of the molecule is C1=C(c2ccccc2)N=C(c2cccc(-c3ccc4oc5c6ccccc6c6nc7ccccc7n6c5c4c3)c2)NC1c1ccccc1. The second-order valence-corrected chi connectivity index (χ2v) is 12.3. The first-order valence-corrected chi connectivity index (χ1v) is 16.2. The van der Waals surface area contributed by atoms with Crippen molar-refractivity contribution in [2.75, 3.05) is 0 Å².